The summed E-state index contributed by atoms with van der Waals surface area (Å²) >= 11 is 0. The van der Waals surface area contributed by atoms with Crippen LogP contribution in [0.15, 0.2) is 66.0 Å². The molecule has 0 bridgehead atoms. The second kappa shape index (κ2) is 10.8. The quantitative estimate of drug-likeness (QED) is 0.334. The van der Waals surface area contributed by atoms with Gasteiger partial charge in [-0.3, -0.25) is 14.6 Å². The van der Waals surface area contributed by atoms with E-state index in [0.717, 1.165) is 21.4 Å². The highest BCUT2D eigenvalue weighted by molar-refractivity contribution is 7.89. The molecule has 2 aliphatic heterocycles. The number of pyridine rings is 2. The van der Waals surface area contributed by atoms with E-state index in [0.29, 0.717) is 0 Å². The minimum atomic E-state index is -4.28. The number of amides is 2. The number of carbonyl (C=O) groups excluding carboxylic acids is 3. The van der Waals surface area contributed by atoms with Gasteiger partial charge in [-0.2, -0.15) is 9.04 Å². The lowest BCUT2D eigenvalue weighted by molar-refractivity contribution is -0.646. The summed E-state index contributed by atoms with van der Waals surface area (Å²) in [6.07, 6.45) is 2.40. The van der Waals surface area contributed by atoms with Crippen LogP contribution < -0.4 is 14.8 Å². The SMILES string of the molecule is CC(C)CC(NC(=O)Oc1ccc2ncccc2c1)C(=O)N1CCC2C1C(=O)CN2S(=O)(=O)c1cccc[n+]1[O-]. The van der Waals surface area contributed by atoms with E-state index in [1.54, 1.807) is 30.5 Å². The van der Waals surface area contributed by atoms with E-state index < -0.39 is 57.5 Å². The van der Waals surface area contributed by atoms with Crippen molar-refractivity contribution in [1.29, 1.82) is 0 Å². The van der Waals surface area contributed by atoms with Gasteiger partial charge in [0.05, 0.1) is 18.1 Å². The van der Waals surface area contributed by atoms with Gasteiger partial charge in [-0.15, -0.1) is 0 Å². The largest absolute Gasteiger partial charge is 0.618 e. The van der Waals surface area contributed by atoms with Gasteiger partial charge in [0.1, 0.15) is 17.8 Å². The zero-order valence-corrected chi connectivity index (χ0v) is 22.8. The Kier molecular flexibility index (Phi) is 7.43. The lowest BCUT2D eigenvalue weighted by atomic mass is 10.0. The minimum Gasteiger partial charge on any atom is -0.618 e. The molecule has 0 spiro atoms. The molecule has 1 N–H and O–H groups in total. The van der Waals surface area contributed by atoms with Crippen LogP contribution in [0.4, 0.5) is 4.79 Å². The number of aromatic nitrogens is 2. The molecular weight excluding hydrogens is 538 g/mol. The Labute approximate surface area is 231 Å². The average Bonchev–Trinajstić information content (AvgIpc) is 3.49. The molecule has 1 aromatic carbocycles. The van der Waals surface area contributed by atoms with E-state index in [9.17, 15) is 28.0 Å². The molecule has 2 aromatic heterocycles. The zero-order chi connectivity index (χ0) is 28.6. The van der Waals surface area contributed by atoms with Crippen LogP contribution in [-0.2, 0) is 19.6 Å². The van der Waals surface area contributed by atoms with Gasteiger partial charge in [-0.1, -0.05) is 19.9 Å². The first-order valence-corrected chi connectivity index (χ1v) is 14.4. The van der Waals surface area contributed by atoms with Crippen molar-refractivity contribution < 1.29 is 32.3 Å². The molecule has 13 heteroatoms. The highest BCUT2D eigenvalue weighted by Gasteiger charge is 2.55. The van der Waals surface area contributed by atoms with Gasteiger partial charge in [0.15, 0.2) is 12.0 Å². The molecule has 3 unspecified atom stereocenters. The van der Waals surface area contributed by atoms with Crippen molar-refractivity contribution in [2.24, 2.45) is 5.92 Å². The summed E-state index contributed by atoms with van der Waals surface area (Å²) in [5.41, 5.74) is 0.737. The number of nitrogens with zero attached hydrogens (tertiary/aromatic N) is 4. The number of benzene rings is 1. The second-order valence-electron chi connectivity index (χ2n) is 10.3. The number of carbonyl (C=O) groups is 3. The maximum atomic E-state index is 13.7. The summed E-state index contributed by atoms with van der Waals surface area (Å²) in [5.74, 6) is -0.644. The lowest BCUT2D eigenvalue weighted by Crippen LogP contribution is -2.53. The number of sulfonamides is 1. The third kappa shape index (κ3) is 5.21. The third-order valence-electron chi connectivity index (χ3n) is 7.10. The summed E-state index contributed by atoms with van der Waals surface area (Å²) < 4.78 is 33.2. The van der Waals surface area contributed by atoms with E-state index in [2.05, 4.69) is 10.3 Å². The van der Waals surface area contributed by atoms with Crippen molar-refractivity contribution in [2.45, 2.75) is 49.8 Å². The Morgan fingerprint density at radius 3 is 2.75 bits per heavy atom. The Morgan fingerprint density at radius 1 is 1.20 bits per heavy atom. The smallest absolute Gasteiger partial charge is 0.413 e. The molecule has 12 nitrogen and oxygen atoms in total. The summed E-state index contributed by atoms with van der Waals surface area (Å²) in [7, 11) is -4.28. The number of nitrogens with one attached hydrogen (secondary N) is 1. The summed E-state index contributed by atoms with van der Waals surface area (Å²) in [4.78, 5) is 45.1. The molecule has 2 amide bonds. The number of rotatable bonds is 7. The molecular formula is C27H29N5O7S. The molecule has 210 valence electrons. The predicted octanol–water partition coefficient (Wildman–Crippen LogP) is 1.61. The van der Waals surface area contributed by atoms with Crippen molar-refractivity contribution in [2.75, 3.05) is 13.1 Å². The fraction of sp³-hybridized carbons (Fsp3) is 0.370. The minimum absolute atomic E-state index is 0.0149. The number of hydrogen-bond donors (Lipinski definition) is 1. The standard InChI is InChI=1S/C27H29N5O7S/c1-17(2)14-21(29-27(35)39-19-8-9-20-18(15-19)6-5-11-28-20)26(34)30-13-10-22-25(30)23(33)16-32(22)40(37,38)24-7-3-4-12-31(24)36/h3-9,11-12,15,17,21-22,25H,10,13-14,16H2,1-2H3,(H,29,35). The van der Waals surface area contributed by atoms with Crippen LogP contribution in [0.5, 0.6) is 5.75 Å². The molecule has 2 fully saturated rings. The van der Waals surface area contributed by atoms with Gasteiger partial charge in [0.2, 0.25) is 5.91 Å². The number of fused-ring (bicyclic) bond motifs is 2. The molecule has 0 aliphatic carbocycles. The van der Waals surface area contributed by atoms with Gasteiger partial charge < -0.3 is 20.2 Å². The average molecular weight is 568 g/mol. The lowest BCUT2D eigenvalue weighted by Gasteiger charge is -2.28. The molecule has 40 heavy (non-hydrogen) atoms. The van der Waals surface area contributed by atoms with E-state index in [1.807, 2.05) is 19.9 Å². The first kappa shape index (κ1) is 27.5. The van der Waals surface area contributed by atoms with Crippen LogP contribution in [0.25, 0.3) is 10.9 Å². The molecule has 0 saturated carbocycles. The molecule has 5 rings (SSSR count). The van der Waals surface area contributed by atoms with Crippen molar-refractivity contribution in [3.63, 3.8) is 0 Å². The summed E-state index contributed by atoms with van der Waals surface area (Å²) in [5, 5.41) is 15.1. The Balaban J connectivity index is 1.32. The monoisotopic (exact) mass is 567 g/mol. The number of ether oxygens (including phenoxy) is 1. The number of Topliss-reactive ketones (excluding diaryl/α,β-unsaturated/α-hetero) is 1. The molecule has 4 heterocycles. The summed E-state index contributed by atoms with van der Waals surface area (Å²) in [6.45, 7) is 3.46. The molecule has 3 aromatic rings. The molecule has 2 saturated heterocycles. The van der Waals surface area contributed by atoms with Crippen LogP contribution >= 0.6 is 0 Å². The van der Waals surface area contributed by atoms with Gasteiger partial charge in [-0.05, 0) is 49.1 Å². The van der Waals surface area contributed by atoms with Crippen molar-refractivity contribution >= 4 is 38.7 Å². The van der Waals surface area contributed by atoms with Crippen LogP contribution in [0.1, 0.15) is 26.7 Å². The predicted molar refractivity (Wildman–Crippen MR) is 142 cm³/mol. The van der Waals surface area contributed by atoms with E-state index in [1.165, 1.54) is 23.1 Å². The van der Waals surface area contributed by atoms with Gasteiger partial charge >= 0.3 is 21.1 Å². The normalized spacial score (nSPS) is 20.1. The fourth-order valence-electron chi connectivity index (χ4n) is 5.36. The van der Waals surface area contributed by atoms with Crippen LogP contribution in [0, 0.1) is 11.1 Å². The first-order valence-electron chi connectivity index (χ1n) is 12.9. The molecule has 3 atom stereocenters. The Hall–Kier alpha value is -4.10. The Bertz CT molecular complexity index is 1580. The molecule has 0 radical (unpaired) electrons. The van der Waals surface area contributed by atoms with E-state index >= 15 is 0 Å². The zero-order valence-electron chi connectivity index (χ0n) is 22.0. The van der Waals surface area contributed by atoms with Crippen molar-refractivity contribution in [1.82, 2.24) is 19.5 Å². The van der Waals surface area contributed by atoms with Crippen LogP contribution in [0.3, 0.4) is 0 Å². The van der Waals surface area contributed by atoms with Gasteiger partial charge in [0, 0.05) is 30.3 Å². The fourth-order valence-corrected chi connectivity index (χ4v) is 7.02. The van der Waals surface area contributed by atoms with Gasteiger partial charge in [0.25, 0.3) is 0 Å². The number of ketones is 1. The second-order valence-corrected chi connectivity index (χ2v) is 12.1. The van der Waals surface area contributed by atoms with E-state index in [-0.39, 0.29) is 35.8 Å². The number of hydrogen-bond acceptors (Lipinski definition) is 8. The van der Waals surface area contributed by atoms with Crippen LogP contribution in [0.2, 0.25) is 0 Å². The highest BCUT2D eigenvalue weighted by atomic mass is 32.2. The maximum absolute atomic E-state index is 13.7. The van der Waals surface area contributed by atoms with E-state index in [4.69, 9.17) is 4.74 Å². The first-order chi connectivity index (χ1) is 19.1. The molecule has 2 aliphatic rings. The maximum Gasteiger partial charge on any atom is 0.413 e. The number of likely N-dealkylation sites (tertiary alicyclic amines) is 1. The topological polar surface area (TPSA) is 153 Å². The van der Waals surface area contributed by atoms with Gasteiger partial charge in [-0.25, -0.2) is 13.2 Å². The van der Waals surface area contributed by atoms with Crippen molar-refractivity contribution in [3.8, 4) is 5.75 Å². The van der Waals surface area contributed by atoms with Crippen molar-refractivity contribution in [3.05, 3.63) is 66.1 Å². The third-order valence-corrected chi connectivity index (χ3v) is 8.97. The van der Waals surface area contributed by atoms with Crippen LogP contribution in [-0.4, -0.2) is 71.6 Å². The Morgan fingerprint density at radius 2 is 2.00 bits per heavy atom. The summed E-state index contributed by atoms with van der Waals surface area (Å²) in [6, 6.07) is 9.78. The highest BCUT2D eigenvalue weighted by Crippen LogP contribution is 2.34.